The van der Waals surface area contributed by atoms with Gasteiger partial charge >= 0.3 is 0 Å². The molecule has 0 fully saturated rings. The Morgan fingerprint density at radius 1 is 1.16 bits per heavy atom. The van der Waals surface area contributed by atoms with E-state index in [1.807, 2.05) is 34.9 Å². The summed E-state index contributed by atoms with van der Waals surface area (Å²) >= 11 is 6.19. The third-order valence-corrected chi connectivity index (χ3v) is 3.61. The highest BCUT2D eigenvalue weighted by atomic mass is 35.5. The summed E-state index contributed by atoms with van der Waals surface area (Å²) < 4.78 is 2.03. The lowest BCUT2D eigenvalue weighted by atomic mass is 10.1. The maximum atomic E-state index is 6.19. The molecule has 1 atom stereocenters. The number of hydrogen-bond acceptors (Lipinski definition) is 2. The zero-order chi connectivity index (χ0) is 13.7. The summed E-state index contributed by atoms with van der Waals surface area (Å²) in [6.07, 6.45) is 4.80. The molecule has 0 saturated carbocycles. The molecule has 2 rings (SSSR count). The average Bonchev–Trinajstić information content (AvgIpc) is 2.82. The van der Waals surface area contributed by atoms with Gasteiger partial charge in [0.15, 0.2) is 5.82 Å². The highest BCUT2D eigenvalue weighted by Crippen LogP contribution is 2.27. The molecular formula is C15H20ClN3. The van der Waals surface area contributed by atoms with Gasteiger partial charge in [0, 0.05) is 11.6 Å². The molecule has 0 aliphatic carbocycles. The van der Waals surface area contributed by atoms with Crippen LogP contribution in [0.5, 0.6) is 0 Å². The van der Waals surface area contributed by atoms with E-state index in [4.69, 9.17) is 11.6 Å². The number of unbranched alkanes of at least 4 members (excludes halogenated alkanes) is 2. The van der Waals surface area contributed by atoms with Crippen molar-refractivity contribution in [3.63, 3.8) is 0 Å². The Balaban J connectivity index is 2.23. The minimum Gasteiger partial charge on any atom is -0.295 e. The first-order chi connectivity index (χ1) is 9.24. The second kappa shape index (κ2) is 6.71. The zero-order valence-electron chi connectivity index (χ0n) is 11.5. The lowest BCUT2D eigenvalue weighted by molar-refractivity contribution is 0.480. The maximum absolute atomic E-state index is 6.19. The van der Waals surface area contributed by atoms with E-state index in [1.54, 1.807) is 0 Å². The molecule has 3 nitrogen and oxygen atoms in total. The predicted molar refractivity (Wildman–Crippen MR) is 79.3 cm³/mol. The average molecular weight is 278 g/mol. The van der Waals surface area contributed by atoms with Crippen molar-refractivity contribution in [3.05, 3.63) is 35.6 Å². The number of nitrogens with zero attached hydrogens (tertiary/aromatic N) is 3. The van der Waals surface area contributed by atoms with Gasteiger partial charge in [0.2, 0.25) is 5.28 Å². The number of rotatable bonds is 6. The van der Waals surface area contributed by atoms with E-state index < -0.39 is 0 Å². The van der Waals surface area contributed by atoms with Crippen LogP contribution in [0.4, 0.5) is 0 Å². The van der Waals surface area contributed by atoms with Crippen LogP contribution < -0.4 is 0 Å². The van der Waals surface area contributed by atoms with Gasteiger partial charge in [0.05, 0.1) is 0 Å². The molecule has 0 spiro atoms. The van der Waals surface area contributed by atoms with Gasteiger partial charge in [-0.2, -0.15) is 0 Å². The van der Waals surface area contributed by atoms with Crippen LogP contribution in [-0.2, 0) is 0 Å². The fourth-order valence-corrected chi connectivity index (χ4v) is 2.55. The van der Waals surface area contributed by atoms with E-state index in [9.17, 15) is 0 Å². The van der Waals surface area contributed by atoms with Gasteiger partial charge in [-0.3, -0.25) is 4.57 Å². The van der Waals surface area contributed by atoms with Gasteiger partial charge in [-0.15, -0.1) is 10.2 Å². The first-order valence-electron chi connectivity index (χ1n) is 6.89. The van der Waals surface area contributed by atoms with Gasteiger partial charge in [-0.1, -0.05) is 56.5 Å². The van der Waals surface area contributed by atoms with Gasteiger partial charge in [-0.25, -0.2) is 0 Å². The Bertz CT molecular complexity index is 507. The van der Waals surface area contributed by atoms with E-state index in [2.05, 4.69) is 24.0 Å². The summed E-state index contributed by atoms with van der Waals surface area (Å²) in [7, 11) is 0. The van der Waals surface area contributed by atoms with Crippen molar-refractivity contribution >= 4 is 11.6 Å². The Labute approximate surface area is 119 Å². The first kappa shape index (κ1) is 14.1. The quantitative estimate of drug-likeness (QED) is 0.714. The molecule has 0 aliphatic rings. The molecule has 0 amide bonds. The standard InChI is InChI=1S/C15H20ClN3/c1-3-4-6-9-12(2)19-14(17-18-15(19)16)13-10-7-5-8-11-13/h5,7-8,10-12H,3-4,6,9H2,1-2H3. The molecule has 2 aromatic rings. The van der Waals surface area contributed by atoms with E-state index >= 15 is 0 Å². The van der Waals surface area contributed by atoms with Crippen LogP contribution in [0.25, 0.3) is 11.4 Å². The predicted octanol–water partition coefficient (Wildman–Crippen LogP) is 4.74. The molecule has 1 aromatic carbocycles. The fourth-order valence-electron chi connectivity index (χ4n) is 2.27. The largest absolute Gasteiger partial charge is 0.295 e. The van der Waals surface area contributed by atoms with Crippen LogP contribution in [0, 0.1) is 0 Å². The molecular weight excluding hydrogens is 258 g/mol. The highest BCUT2D eigenvalue weighted by Gasteiger charge is 2.16. The molecule has 0 radical (unpaired) electrons. The molecule has 19 heavy (non-hydrogen) atoms. The normalized spacial score (nSPS) is 12.6. The Morgan fingerprint density at radius 2 is 1.89 bits per heavy atom. The summed E-state index contributed by atoms with van der Waals surface area (Å²) in [5.41, 5.74) is 1.06. The maximum Gasteiger partial charge on any atom is 0.225 e. The van der Waals surface area contributed by atoms with Gasteiger partial charge in [0.1, 0.15) is 0 Å². The minimum atomic E-state index is 0.323. The molecule has 1 unspecified atom stereocenters. The molecule has 4 heteroatoms. The second-order valence-corrected chi connectivity index (χ2v) is 5.21. The van der Waals surface area contributed by atoms with E-state index in [0.717, 1.165) is 17.8 Å². The fraction of sp³-hybridized carbons (Fsp3) is 0.467. The number of aromatic nitrogens is 3. The SMILES string of the molecule is CCCCCC(C)n1c(Cl)nnc1-c1ccccc1. The molecule has 0 aliphatic heterocycles. The lowest BCUT2D eigenvalue weighted by Gasteiger charge is -2.16. The second-order valence-electron chi connectivity index (χ2n) is 4.87. The van der Waals surface area contributed by atoms with E-state index in [1.165, 1.54) is 19.3 Å². The molecule has 1 heterocycles. The van der Waals surface area contributed by atoms with Crippen LogP contribution in [0.3, 0.4) is 0 Å². The van der Waals surface area contributed by atoms with Crippen LogP contribution >= 0.6 is 11.6 Å². The summed E-state index contributed by atoms with van der Waals surface area (Å²) in [6.45, 7) is 4.39. The van der Waals surface area contributed by atoms with Gasteiger partial charge < -0.3 is 0 Å². The Kier molecular flexibility index (Phi) is 4.97. The number of halogens is 1. The van der Waals surface area contributed by atoms with Crippen molar-refractivity contribution in [1.29, 1.82) is 0 Å². The molecule has 0 N–H and O–H groups in total. The molecule has 102 valence electrons. The van der Waals surface area contributed by atoms with E-state index in [0.29, 0.717) is 11.3 Å². The van der Waals surface area contributed by atoms with E-state index in [-0.39, 0.29) is 0 Å². The Morgan fingerprint density at radius 3 is 2.58 bits per heavy atom. The molecule has 0 bridgehead atoms. The van der Waals surface area contributed by atoms with Crippen LogP contribution in [0.2, 0.25) is 5.28 Å². The van der Waals surface area contributed by atoms with Crippen molar-refractivity contribution in [1.82, 2.24) is 14.8 Å². The minimum absolute atomic E-state index is 0.323. The lowest BCUT2D eigenvalue weighted by Crippen LogP contribution is -2.07. The monoisotopic (exact) mass is 277 g/mol. The van der Waals surface area contributed by atoms with Crippen molar-refractivity contribution < 1.29 is 0 Å². The number of hydrogen-bond donors (Lipinski definition) is 0. The topological polar surface area (TPSA) is 30.7 Å². The molecule has 1 aromatic heterocycles. The third-order valence-electron chi connectivity index (χ3n) is 3.35. The highest BCUT2D eigenvalue weighted by molar-refractivity contribution is 6.28. The van der Waals surface area contributed by atoms with Gasteiger partial charge in [0.25, 0.3) is 0 Å². The van der Waals surface area contributed by atoms with Crippen LogP contribution in [-0.4, -0.2) is 14.8 Å². The Hall–Kier alpha value is -1.35. The summed E-state index contributed by atoms with van der Waals surface area (Å²) in [4.78, 5) is 0. The molecule has 0 saturated heterocycles. The number of benzene rings is 1. The third kappa shape index (κ3) is 3.35. The van der Waals surface area contributed by atoms with Crippen molar-refractivity contribution in [2.24, 2.45) is 0 Å². The van der Waals surface area contributed by atoms with Crippen LogP contribution in [0.1, 0.15) is 45.6 Å². The van der Waals surface area contributed by atoms with Crippen LogP contribution in [0.15, 0.2) is 30.3 Å². The van der Waals surface area contributed by atoms with Crippen molar-refractivity contribution in [2.75, 3.05) is 0 Å². The summed E-state index contributed by atoms with van der Waals surface area (Å²) in [6, 6.07) is 10.4. The first-order valence-corrected chi connectivity index (χ1v) is 7.27. The van der Waals surface area contributed by atoms with Crippen molar-refractivity contribution in [3.8, 4) is 11.4 Å². The smallest absolute Gasteiger partial charge is 0.225 e. The zero-order valence-corrected chi connectivity index (χ0v) is 12.3. The summed E-state index contributed by atoms with van der Waals surface area (Å²) in [5.74, 6) is 0.856. The van der Waals surface area contributed by atoms with Crippen molar-refractivity contribution in [2.45, 2.75) is 45.6 Å². The van der Waals surface area contributed by atoms with Gasteiger partial charge in [-0.05, 0) is 24.9 Å². The summed E-state index contributed by atoms with van der Waals surface area (Å²) in [5, 5.41) is 8.71.